The first-order valence-corrected chi connectivity index (χ1v) is 9.44. The molecule has 0 unspecified atom stereocenters. The van der Waals surface area contributed by atoms with Crippen LogP contribution in [0.3, 0.4) is 0 Å². The van der Waals surface area contributed by atoms with E-state index in [2.05, 4.69) is 14.7 Å². The van der Waals surface area contributed by atoms with Gasteiger partial charge < -0.3 is 4.42 Å². The van der Waals surface area contributed by atoms with Crippen molar-refractivity contribution in [2.75, 3.05) is 0 Å². The second-order valence-electron chi connectivity index (χ2n) is 5.66. The Labute approximate surface area is 150 Å². The van der Waals surface area contributed by atoms with Crippen molar-refractivity contribution in [2.24, 2.45) is 0 Å². The predicted molar refractivity (Wildman–Crippen MR) is 97.7 cm³/mol. The molecule has 0 aliphatic carbocycles. The molecule has 0 saturated heterocycles. The summed E-state index contributed by atoms with van der Waals surface area (Å²) in [5.74, 6) is 0.540. The Morgan fingerprint density at radius 1 is 0.923 bits per heavy atom. The van der Waals surface area contributed by atoms with Gasteiger partial charge in [-0.3, -0.25) is 4.98 Å². The zero-order valence-corrected chi connectivity index (χ0v) is 14.5. The van der Waals surface area contributed by atoms with E-state index in [4.69, 9.17) is 4.42 Å². The van der Waals surface area contributed by atoms with Crippen LogP contribution in [0, 0.1) is 0 Å². The van der Waals surface area contributed by atoms with Crippen LogP contribution in [-0.4, -0.2) is 18.4 Å². The van der Waals surface area contributed by atoms with Gasteiger partial charge in [-0.25, -0.2) is 18.1 Å². The minimum absolute atomic E-state index is 0.0129. The average molecular weight is 365 g/mol. The standard InChI is InChI=1S/C19H15N3O3S/c23-26(24,16-8-7-14-4-1-2-5-15(14)12-16)22-13-17-19(21-10-9-20-17)18-6-3-11-25-18/h1-12,22H,13H2. The summed E-state index contributed by atoms with van der Waals surface area (Å²) >= 11 is 0. The van der Waals surface area contributed by atoms with Gasteiger partial charge in [-0.05, 0) is 35.0 Å². The van der Waals surface area contributed by atoms with Gasteiger partial charge in [-0.1, -0.05) is 30.3 Å². The van der Waals surface area contributed by atoms with Crippen LogP contribution < -0.4 is 4.72 Å². The zero-order valence-electron chi connectivity index (χ0n) is 13.7. The van der Waals surface area contributed by atoms with Gasteiger partial charge in [-0.15, -0.1) is 0 Å². The lowest BCUT2D eigenvalue weighted by Crippen LogP contribution is -2.24. The molecule has 4 rings (SSSR count). The fraction of sp³-hybridized carbons (Fsp3) is 0.0526. The summed E-state index contributed by atoms with van der Waals surface area (Å²) in [5, 5.41) is 1.85. The average Bonchev–Trinajstić information content (AvgIpc) is 3.21. The van der Waals surface area contributed by atoms with Crippen molar-refractivity contribution < 1.29 is 12.8 Å². The van der Waals surface area contributed by atoms with E-state index in [1.54, 1.807) is 36.5 Å². The lowest BCUT2D eigenvalue weighted by Gasteiger charge is -2.09. The highest BCUT2D eigenvalue weighted by atomic mass is 32.2. The Bertz CT molecular complexity index is 1160. The minimum Gasteiger partial charge on any atom is -0.463 e. The van der Waals surface area contributed by atoms with Gasteiger partial charge in [-0.2, -0.15) is 0 Å². The highest BCUT2D eigenvalue weighted by Crippen LogP contribution is 2.22. The summed E-state index contributed by atoms with van der Waals surface area (Å²) in [7, 11) is -3.68. The van der Waals surface area contributed by atoms with Crippen molar-refractivity contribution in [3.63, 3.8) is 0 Å². The summed E-state index contributed by atoms with van der Waals surface area (Å²) in [6.45, 7) is 0.0129. The highest BCUT2D eigenvalue weighted by Gasteiger charge is 2.17. The Hall–Kier alpha value is -3.03. The van der Waals surface area contributed by atoms with Crippen molar-refractivity contribution in [3.8, 4) is 11.5 Å². The molecule has 2 aromatic carbocycles. The number of rotatable bonds is 5. The van der Waals surface area contributed by atoms with Crippen LogP contribution in [0.25, 0.3) is 22.2 Å². The third kappa shape index (κ3) is 3.22. The molecule has 0 fully saturated rings. The fourth-order valence-corrected chi connectivity index (χ4v) is 3.72. The van der Waals surface area contributed by atoms with Crippen molar-refractivity contribution in [2.45, 2.75) is 11.4 Å². The topological polar surface area (TPSA) is 85.1 Å². The second-order valence-corrected chi connectivity index (χ2v) is 7.43. The molecule has 0 amide bonds. The molecule has 2 aromatic heterocycles. The van der Waals surface area contributed by atoms with Crippen molar-refractivity contribution in [1.82, 2.24) is 14.7 Å². The predicted octanol–water partition coefficient (Wildman–Crippen LogP) is 3.37. The molecule has 0 atom stereocenters. The summed E-state index contributed by atoms with van der Waals surface area (Å²) in [6.07, 6.45) is 4.60. The molecule has 0 saturated carbocycles. The first-order chi connectivity index (χ1) is 12.6. The number of hydrogen-bond donors (Lipinski definition) is 1. The second kappa shape index (κ2) is 6.70. The van der Waals surface area contributed by atoms with Gasteiger partial charge in [0.25, 0.3) is 0 Å². The molecule has 0 aliphatic rings. The summed E-state index contributed by atoms with van der Waals surface area (Å²) < 4.78 is 33.3. The van der Waals surface area contributed by atoms with E-state index in [0.29, 0.717) is 17.1 Å². The van der Waals surface area contributed by atoms with E-state index in [1.807, 2.05) is 24.3 Å². The van der Waals surface area contributed by atoms with E-state index in [1.165, 1.54) is 12.5 Å². The lowest BCUT2D eigenvalue weighted by molar-refractivity contribution is 0.573. The molecule has 6 nitrogen and oxygen atoms in total. The van der Waals surface area contributed by atoms with Crippen LogP contribution in [0.1, 0.15) is 5.69 Å². The van der Waals surface area contributed by atoms with E-state index >= 15 is 0 Å². The Kier molecular flexibility index (Phi) is 4.24. The van der Waals surface area contributed by atoms with Crippen molar-refractivity contribution in [1.29, 1.82) is 0 Å². The molecule has 26 heavy (non-hydrogen) atoms. The van der Waals surface area contributed by atoms with Crippen molar-refractivity contribution in [3.05, 3.63) is 78.9 Å². The highest BCUT2D eigenvalue weighted by molar-refractivity contribution is 7.89. The molecule has 0 spiro atoms. The largest absolute Gasteiger partial charge is 0.463 e. The number of nitrogens with zero attached hydrogens (tertiary/aromatic N) is 2. The monoisotopic (exact) mass is 365 g/mol. The van der Waals surface area contributed by atoms with Gasteiger partial charge in [0.05, 0.1) is 23.4 Å². The number of hydrogen-bond acceptors (Lipinski definition) is 5. The van der Waals surface area contributed by atoms with Gasteiger partial charge >= 0.3 is 0 Å². The van der Waals surface area contributed by atoms with Crippen LogP contribution in [-0.2, 0) is 16.6 Å². The fourth-order valence-electron chi connectivity index (χ4n) is 2.70. The zero-order chi connectivity index (χ0) is 18.0. The van der Waals surface area contributed by atoms with Crippen LogP contribution in [0.2, 0.25) is 0 Å². The van der Waals surface area contributed by atoms with Crippen LogP contribution in [0.4, 0.5) is 0 Å². The third-order valence-corrected chi connectivity index (χ3v) is 5.39. The number of sulfonamides is 1. The normalized spacial score (nSPS) is 11.7. The Morgan fingerprint density at radius 2 is 1.73 bits per heavy atom. The first-order valence-electron chi connectivity index (χ1n) is 7.96. The van der Waals surface area contributed by atoms with Gasteiger partial charge in [0.2, 0.25) is 10.0 Å². The van der Waals surface area contributed by atoms with E-state index in [0.717, 1.165) is 10.8 Å². The SMILES string of the molecule is O=S(=O)(NCc1nccnc1-c1ccco1)c1ccc2ccccc2c1. The molecule has 1 N–H and O–H groups in total. The Morgan fingerprint density at radius 3 is 2.54 bits per heavy atom. The number of aromatic nitrogens is 2. The molecular weight excluding hydrogens is 350 g/mol. The quantitative estimate of drug-likeness (QED) is 0.586. The maximum absolute atomic E-state index is 12.7. The van der Waals surface area contributed by atoms with Crippen molar-refractivity contribution >= 4 is 20.8 Å². The maximum atomic E-state index is 12.7. The molecule has 2 heterocycles. The molecule has 130 valence electrons. The molecule has 0 aliphatic heterocycles. The van der Waals surface area contributed by atoms with Gasteiger partial charge in [0.15, 0.2) is 5.76 Å². The minimum atomic E-state index is -3.68. The summed E-state index contributed by atoms with van der Waals surface area (Å²) in [4.78, 5) is 8.68. The maximum Gasteiger partial charge on any atom is 0.240 e. The molecule has 0 radical (unpaired) electrons. The molecular formula is C19H15N3O3S. The number of furan rings is 1. The molecule has 4 aromatic rings. The number of benzene rings is 2. The number of nitrogens with one attached hydrogen (secondary N) is 1. The molecule has 7 heteroatoms. The number of fused-ring (bicyclic) bond motifs is 1. The Balaban J connectivity index is 1.61. The summed E-state index contributed by atoms with van der Waals surface area (Å²) in [5.41, 5.74) is 1.01. The van der Waals surface area contributed by atoms with E-state index in [-0.39, 0.29) is 11.4 Å². The van der Waals surface area contributed by atoms with Crippen LogP contribution >= 0.6 is 0 Å². The molecule has 0 bridgehead atoms. The van der Waals surface area contributed by atoms with E-state index in [9.17, 15) is 8.42 Å². The van der Waals surface area contributed by atoms with E-state index < -0.39 is 10.0 Å². The summed E-state index contributed by atoms with van der Waals surface area (Å²) in [6, 6.07) is 16.1. The lowest BCUT2D eigenvalue weighted by atomic mass is 10.1. The van der Waals surface area contributed by atoms with Gasteiger partial charge in [0, 0.05) is 12.4 Å². The first kappa shape index (κ1) is 16.4. The van der Waals surface area contributed by atoms with Crippen LogP contribution in [0.15, 0.2) is 82.6 Å². The van der Waals surface area contributed by atoms with Gasteiger partial charge in [0.1, 0.15) is 5.69 Å². The third-order valence-electron chi connectivity index (χ3n) is 3.99. The van der Waals surface area contributed by atoms with Crippen LogP contribution in [0.5, 0.6) is 0 Å². The smallest absolute Gasteiger partial charge is 0.240 e.